The first kappa shape index (κ1) is 13.0. The second-order valence-corrected chi connectivity index (χ2v) is 5.29. The summed E-state index contributed by atoms with van der Waals surface area (Å²) < 4.78 is 0. The van der Waals surface area contributed by atoms with Crippen LogP contribution in [-0.4, -0.2) is 36.6 Å². The SMILES string of the molecule is CCN(C(C)CC(C)C)C1CCNCC1. The Labute approximate surface area is 95.4 Å². The molecule has 1 N–H and O–H groups in total. The van der Waals surface area contributed by atoms with Crippen LogP contribution in [0.4, 0.5) is 0 Å². The van der Waals surface area contributed by atoms with Crippen LogP contribution in [0.5, 0.6) is 0 Å². The summed E-state index contributed by atoms with van der Waals surface area (Å²) in [5, 5.41) is 3.45. The molecule has 1 fully saturated rings. The van der Waals surface area contributed by atoms with Crippen molar-refractivity contribution < 1.29 is 0 Å². The van der Waals surface area contributed by atoms with Gasteiger partial charge in [-0.25, -0.2) is 0 Å². The van der Waals surface area contributed by atoms with Crippen molar-refractivity contribution in [3.8, 4) is 0 Å². The molecule has 1 heterocycles. The second kappa shape index (κ2) is 6.49. The summed E-state index contributed by atoms with van der Waals surface area (Å²) in [6.45, 7) is 13.0. The molecular weight excluding hydrogens is 184 g/mol. The average molecular weight is 212 g/mol. The van der Waals surface area contributed by atoms with Crippen LogP contribution >= 0.6 is 0 Å². The van der Waals surface area contributed by atoms with E-state index in [1.54, 1.807) is 0 Å². The second-order valence-electron chi connectivity index (χ2n) is 5.29. The molecule has 2 heteroatoms. The van der Waals surface area contributed by atoms with E-state index in [4.69, 9.17) is 0 Å². The van der Waals surface area contributed by atoms with E-state index in [0.29, 0.717) is 0 Å². The van der Waals surface area contributed by atoms with E-state index in [9.17, 15) is 0 Å². The van der Waals surface area contributed by atoms with Crippen molar-refractivity contribution in [3.05, 3.63) is 0 Å². The van der Waals surface area contributed by atoms with Gasteiger partial charge in [-0.1, -0.05) is 20.8 Å². The minimum absolute atomic E-state index is 0.748. The van der Waals surface area contributed by atoms with Crippen LogP contribution in [0, 0.1) is 5.92 Å². The van der Waals surface area contributed by atoms with Crippen LogP contribution in [0.2, 0.25) is 0 Å². The molecule has 15 heavy (non-hydrogen) atoms. The molecule has 1 unspecified atom stereocenters. The molecule has 1 aliphatic rings. The van der Waals surface area contributed by atoms with Gasteiger partial charge < -0.3 is 5.32 Å². The quantitative estimate of drug-likeness (QED) is 0.753. The molecule has 0 saturated carbocycles. The monoisotopic (exact) mass is 212 g/mol. The fourth-order valence-corrected chi connectivity index (χ4v) is 2.89. The fraction of sp³-hybridized carbons (Fsp3) is 1.00. The van der Waals surface area contributed by atoms with Gasteiger partial charge >= 0.3 is 0 Å². The molecule has 0 aromatic carbocycles. The molecule has 1 saturated heterocycles. The van der Waals surface area contributed by atoms with Gasteiger partial charge in [0.25, 0.3) is 0 Å². The first-order valence-electron chi connectivity index (χ1n) is 6.61. The van der Waals surface area contributed by atoms with E-state index in [2.05, 4.69) is 37.9 Å². The summed E-state index contributed by atoms with van der Waals surface area (Å²) in [6.07, 6.45) is 3.99. The lowest BCUT2D eigenvalue weighted by Crippen LogP contribution is -2.47. The van der Waals surface area contributed by atoms with Crippen LogP contribution < -0.4 is 5.32 Å². The van der Waals surface area contributed by atoms with Gasteiger partial charge in [-0.15, -0.1) is 0 Å². The normalized spacial score (nSPS) is 21.2. The fourth-order valence-electron chi connectivity index (χ4n) is 2.89. The van der Waals surface area contributed by atoms with Crippen LogP contribution in [0.25, 0.3) is 0 Å². The van der Waals surface area contributed by atoms with Crippen molar-refractivity contribution in [2.24, 2.45) is 5.92 Å². The van der Waals surface area contributed by atoms with Crippen molar-refractivity contribution >= 4 is 0 Å². The summed E-state index contributed by atoms with van der Waals surface area (Å²) in [7, 11) is 0. The number of hydrogen-bond acceptors (Lipinski definition) is 2. The highest BCUT2D eigenvalue weighted by Crippen LogP contribution is 2.18. The standard InChI is InChI=1S/C13H28N2/c1-5-15(12(4)10-11(2)3)13-6-8-14-9-7-13/h11-14H,5-10H2,1-4H3. The number of rotatable bonds is 5. The summed E-state index contributed by atoms with van der Waals surface area (Å²) in [5.41, 5.74) is 0. The van der Waals surface area contributed by atoms with E-state index in [1.807, 2.05) is 0 Å². The molecule has 1 aliphatic heterocycles. The molecule has 0 spiro atoms. The lowest BCUT2D eigenvalue weighted by Gasteiger charge is -2.38. The zero-order valence-corrected chi connectivity index (χ0v) is 10.9. The predicted octanol–water partition coefficient (Wildman–Crippen LogP) is 2.49. The third-order valence-corrected chi connectivity index (χ3v) is 3.52. The van der Waals surface area contributed by atoms with Crippen molar-refractivity contribution in [2.45, 2.75) is 59.0 Å². The Morgan fingerprint density at radius 1 is 1.20 bits per heavy atom. The average Bonchev–Trinajstić information content (AvgIpc) is 2.19. The highest BCUT2D eigenvalue weighted by Gasteiger charge is 2.23. The van der Waals surface area contributed by atoms with Gasteiger partial charge in [0.2, 0.25) is 0 Å². The lowest BCUT2D eigenvalue weighted by atomic mass is 9.98. The Bertz CT molecular complexity index is 162. The maximum atomic E-state index is 3.45. The number of nitrogens with one attached hydrogen (secondary N) is 1. The van der Waals surface area contributed by atoms with Gasteiger partial charge in [-0.05, 0) is 51.7 Å². The number of piperidine rings is 1. The minimum atomic E-state index is 0.748. The summed E-state index contributed by atoms with van der Waals surface area (Å²) in [6, 6.07) is 1.57. The molecule has 0 aromatic heterocycles. The Morgan fingerprint density at radius 3 is 2.27 bits per heavy atom. The molecule has 1 rings (SSSR count). The van der Waals surface area contributed by atoms with Gasteiger partial charge in [0.15, 0.2) is 0 Å². The summed E-state index contributed by atoms with van der Waals surface area (Å²) in [5.74, 6) is 0.816. The van der Waals surface area contributed by atoms with Crippen molar-refractivity contribution in [1.82, 2.24) is 10.2 Å². The predicted molar refractivity (Wildman–Crippen MR) is 67.2 cm³/mol. The molecule has 90 valence electrons. The van der Waals surface area contributed by atoms with Crippen molar-refractivity contribution in [3.63, 3.8) is 0 Å². The molecule has 2 nitrogen and oxygen atoms in total. The smallest absolute Gasteiger partial charge is 0.0122 e. The van der Waals surface area contributed by atoms with E-state index in [-0.39, 0.29) is 0 Å². The Balaban J connectivity index is 2.45. The Morgan fingerprint density at radius 2 is 1.80 bits per heavy atom. The molecule has 0 amide bonds. The zero-order valence-electron chi connectivity index (χ0n) is 10.9. The highest BCUT2D eigenvalue weighted by atomic mass is 15.2. The van der Waals surface area contributed by atoms with Crippen molar-refractivity contribution in [2.75, 3.05) is 19.6 Å². The molecular formula is C13H28N2. The third kappa shape index (κ3) is 4.12. The van der Waals surface area contributed by atoms with Gasteiger partial charge in [-0.2, -0.15) is 0 Å². The van der Waals surface area contributed by atoms with Crippen LogP contribution in [0.1, 0.15) is 47.0 Å². The topological polar surface area (TPSA) is 15.3 Å². The lowest BCUT2D eigenvalue weighted by molar-refractivity contribution is 0.111. The van der Waals surface area contributed by atoms with Crippen LogP contribution in [0.15, 0.2) is 0 Å². The van der Waals surface area contributed by atoms with Gasteiger partial charge in [-0.3, -0.25) is 4.90 Å². The van der Waals surface area contributed by atoms with E-state index in [0.717, 1.165) is 18.0 Å². The van der Waals surface area contributed by atoms with Crippen LogP contribution in [0.3, 0.4) is 0 Å². The van der Waals surface area contributed by atoms with Gasteiger partial charge in [0.1, 0.15) is 0 Å². The van der Waals surface area contributed by atoms with Gasteiger partial charge in [0.05, 0.1) is 0 Å². The summed E-state index contributed by atoms with van der Waals surface area (Å²) >= 11 is 0. The Hall–Kier alpha value is -0.0800. The van der Waals surface area contributed by atoms with Crippen LogP contribution in [-0.2, 0) is 0 Å². The zero-order chi connectivity index (χ0) is 11.3. The maximum absolute atomic E-state index is 3.45. The molecule has 1 atom stereocenters. The van der Waals surface area contributed by atoms with Gasteiger partial charge in [0, 0.05) is 12.1 Å². The third-order valence-electron chi connectivity index (χ3n) is 3.52. The molecule has 0 radical (unpaired) electrons. The first-order chi connectivity index (χ1) is 7.15. The largest absolute Gasteiger partial charge is 0.317 e. The van der Waals surface area contributed by atoms with E-state index >= 15 is 0 Å². The maximum Gasteiger partial charge on any atom is 0.0122 e. The van der Waals surface area contributed by atoms with Crippen molar-refractivity contribution in [1.29, 1.82) is 0 Å². The Kier molecular flexibility index (Phi) is 5.62. The van der Waals surface area contributed by atoms with E-state index in [1.165, 1.54) is 38.9 Å². The molecule has 0 aliphatic carbocycles. The number of hydrogen-bond donors (Lipinski definition) is 1. The highest BCUT2D eigenvalue weighted by molar-refractivity contribution is 4.80. The first-order valence-corrected chi connectivity index (χ1v) is 6.61. The molecule has 0 bridgehead atoms. The molecule has 0 aromatic rings. The number of nitrogens with zero attached hydrogens (tertiary/aromatic N) is 1. The summed E-state index contributed by atoms with van der Waals surface area (Å²) in [4.78, 5) is 2.71. The minimum Gasteiger partial charge on any atom is -0.317 e. The van der Waals surface area contributed by atoms with E-state index < -0.39 is 0 Å².